The highest BCUT2D eigenvalue weighted by Crippen LogP contribution is 2.26. The van der Waals surface area contributed by atoms with E-state index in [-0.39, 0.29) is 23.8 Å². The molecular formula is C21H22FN3O4S2. The highest BCUT2D eigenvalue weighted by Gasteiger charge is 2.20. The van der Waals surface area contributed by atoms with Crippen molar-refractivity contribution >= 4 is 32.4 Å². The molecule has 0 radical (unpaired) electrons. The summed E-state index contributed by atoms with van der Waals surface area (Å²) in [7, 11) is -0.701. The summed E-state index contributed by atoms with van der Waals surface area (Å²) in [5.41, 5.74) is 1.65. The van der Waals surface area contributed by atoms with Gasteiger partial charge in [0.2, 0.25) is 15.9 Å². The van der Waals surface area contributed by atoms with Gasteiger partial charge in [0.05, 0.1) is 17.7 Å². The lowest BCUT2D eigenvalue weighted by atomic mass is 10.2. The Kier molecular flexibility index (Phi) is 7.37. The number of thiazole rings is 1. The van der Waals surface area contributed by atoms with Gasteiger partial charge in [-0.1, -0.05) is 0 Å². The summed E-state index contributed by atoms with van der Waals surface area (Å²) < 4.78 is 44.3. The van der Waals surface area contributed by atoms with Crippen LogP contribution in [0.5, 0.6) is 5.75 Å². The third-order valence-electron chi connectivity index (χ3n) is 4.53. The number of sulfonamides is 1. The number of rotatable bonds is 9. The molecule has 0 saturated heterocycles. The lowest BCUT2D eigenvalue weighted by Crippen LogP contribution is -2.28. The second-order valence-electron chi connectivity index (χ2n) is 6.70. The highest BCUT2D eigenvalue weighted by molar-refractivity contribution is 7.89. The second kappa shape index (κ2) is 9.99. The maximum atomic E-state index is 13.0. The molecule has 0 atom stereocenters. The Hall–Kier alpha value is -2.82. The van der Waals surface area contributed by atoms with Crippen molar-refractivity contribution < 1.29 is 22.3 Å². The Morgan fingerprint density at radius 3 is 2.48 bits per heavy atom. The summed E-state index contributed by atoms with van der Waals surface area (Å²) in [5.74, 6) is -0.00210. The molecule has 0 unspecified atom stereocenters. The maximum Gasteiger partial charge on any atom is 0.242 e. The Bertz CT molecular complexity index is 1130. The van der Waals surface area contributed by atoms with Crippen molar-refractivity contribution in [3.05, 3.63) is 59.7 Å². The number of carbonyl (C=O) groups excluding carboxylic acids is 1. The number of amides is 1. The first-order chi connectivity index (χ1) is 14.8. The SMILES string of the molecule is COc1ccc(-c2csc(NC(=O)CCCN(C)S(=O)(=O)c3ccc(F)cc3)n2)cc1. The van der Waals surface area contributed by atoms with Crippen LogP contribution in [-0.2, 0) is 14.8 Å². The highest BCUT2D eigenvalue weighted by atomic mass is 32.2. The fraction of sp³-hybridized carbons (Fsp3) is 0.238. The van der Waals surface area contributed by atoms with Gasteiger partial charge in [-0.05, 0) is 55.0 Å². The molecule has 31 heavy (non-hydrogen) atoms. The molecule has 3 aromatic rings. The minimum Gasteiger partial charge on any atom is -0.497 e. The predicted molar refractivity (Wildman–Crippen MR) is 118 cm³/mol. The van der Waals surface area contributed by atoms with Gasteiger partial charge in [-0.2, -0.15) is 0 Å². The fourth-order valence-electron chi connectivity index (χ4n) is 2.78. The van der Waals surface area contributed by atoms with E-state index in [9.17, 15) is 17.6 Å². The van der Waals surface area contributed by atoms with E-state index in [2.05, 4.69) is 10.3 Å². The average Bonchev–Trinajstić information content (AvgIpc) is 3.22. The van der Waals surface area contributed by atoms with Gasteiger partial charge in [-0.3, -0.25) is 4.79 Å². The van der Waals surface area contributed by atoms with Crippen LogP contribution in [0.4, 0.5) is 9.52 Å². The van der Waals surface area contributed by atoms with Crippen LogP contribution >= 0.6 is 11.3 Å². The van der Waals surface area contributed by atoms with E-state index < -0.39 is 15.8 Å². The molecule has 0 fully saturated rings. The molecule has 164 valence electrons. The zero-order valence-electron chi connectivity index (χ0n) is 17.0. The van der Waals surface area contributed by atoms with Crippen LogP contribution in [0.15, 0.2) is 58.8 Å². The first kappa shape index (κ1) is 22.9. The molecule has 10 heteroatoms. The molecule has 1 aromatic heterocycles. The summed E-state index contributed by atoms with van der Waals surface area (Å²) >= 11 is 1.31. The summed E-state index contributed by atoms with van der Waals surface area (Å²) in [6.45, 7) is 0.155. The summed E-state index contributed by atoms with van der Waals surface area (Å²) in [4.78, 5) is 16.6. The molecule has 3 rings (SSSR count). The van der Waals surface area contributed by atoms with Gasteiger partial charge in [0.15, 0.2) is 5.13 Å². The molecule has 0 aliphatic heterocycles. The Morgan fingerprint density at radius 1 is 1.16 bits per heavy atom. The van der Waals surface area contributed by atoms with Crippen molar-refractivity contribution in [3.63, 3.8) is 0 Å². The average molecular weight is 464 g/mol. The van der Waals surface area contributed by atoms with E-state index >= 15 is 0 Å². The largest absolute Gasteiger partial charge is 0.497 e. The summed E-state index contributed by atoms with van der Waals surface area (Å²) in [6, 6.07) is 12.1. The Balaban J connectivity index is 1.50. The van der Waals surface area contributed by atoms with Gasteiger partial charge >= 0.3 is 0 Å². The minimum absolute atomic E-state index is 0.00898. The molecule has 0 spiro atoms. The van der Waals surface area contributed by atoms with Crippen molar-refractivity contribution in [2.75, 3.05) is 26.0 Å². The third-order valence-corrected chi connectivity index (χ3v) is 7.16. The number of hydrogen-bond acceptors (Lipinski definition) is 6. The van der Waals surface area contributed by atoms with Crippen LogP contribution in [0, 0.1) is 5.82 Å². The molecule has 0 bridgehead atoms. The lowest BCUT2D eigenvalue weighted by Gasteiger charge is -2.16. The van der Waals surface area contributed by atoms with Crippen LogP contribution < -0.4 is 10.1 Å². The van der Waals surface area contributed by atoms with E-state index in [0.29, 0.717) is 11.6 Å². The molecule has 1 amide bonds. The number of hydrogen-bond donors (Lipinski definition) is 1. The number of aromatic nitrogens is 1. The number of methoxy groups -OCH3 is 1. The zero-order chi connectivity index (χ0) is 22.4. The molecule has 0 aliphatic carbocycles. The van der Waals surface area contributed by atoms with Crippen LogP contribution in [0.25, 0.3) is 11.3 Å². The molecular weight excluding hydrogens is 441 g/mol. The van der Waals surface area contributed by atoms with Gasteiger partial charge in [-0.15, -0.1) is 11.3 Å². The third kappa shape index (κ3) is 5.87. The van der Waals surface area contributed by atoms with E-state index in [1.165, 1.54) is 30.5 Å². The summed E-state index contributed by atoms with van der Waals surface area (Å²) in [5, 5.41) is 5.06. The van der Waals surface area contributed by atoms with Crippen LogP contribution in [0.2, 0.25) is 0 Å². The molecule has 1 N–H and O–H groups in total. The number of ether oxygens (including phenoxy) is 1. The van der Waals surface area contributed by atoms with Crippen molar-refractivity contribution in [1.29, 1.82) is 0 Å². The van der Waals surface area contributed by atoms with Gasteiger partial charge in [-0.25, -0.2) is 22.1 Å². The summed E-state index contributed by atoms with van der Waals surface area (Å²) in [6.07, 6.45) is 0.472. The van der Waals surface area contributed by atoms with Crippen molar-refractivity contribution in [1.82, 2.24) is 9.29 Å². The van der Waals surface area contributed by atoms with E-state index in [1.807, 2.05) is 29.6 Å². The van der Waals surface area contributed by atoms with Gasteiger partial charge < -0.3 is 10.1 Å². The fourth-order valence-corrected chi connectivity index (χ4v) is 4.72. The number of carbonyl (C=O) groups is 1. The maximum absolute atomic E-state index is 13.0. The number of nitrogens with one attached hydrogen (secondary N) is 1. The van der Waals surface area contributed by atoms with Gasteiger partial charge in [0.1, 0.15) is 11.6 Å². The van der Waals surface area contributed by atoms with Crippen molar-refractivity contribution in [3.8, 4) is 17.0 Å². The topological polar surface area (TPSA) is 88.6 Å². The standard InChI is InChI=1S/C21H22FN3O4S2/c1-25(31(27,28)18-11-7-16(22)8-12-18)13-3-4-20(26)24-21-23-19(14-30-21)15-5-9-17(29-2)10-6-15/h5-12,14H,3-4,13H2,1-2H3,(H,23,24,26). The molecule has 7 nitrogen and oxygen atoms in total. The number of halogens is 1. The van der Waals surface area contributed by atoms with Crippen LogP contribution in [-0.4, -0.2) is 44.3 Å². The van der Waals surface area contributed by atoms with Crippen LogP contribution in [0.1, 0.15) is 12.8 Å². The number of anilines is 1. The molecule has 1 heterocycles. The van der Waals surface area contributed by atoms with Crippen molar-refractivity contribution in [2.45, 2.75) is 17.7 Å². The van der Waals surface area contributed by atoms with E-state index in [1.54, 1.807) is 7.11 Å². The number of benzene rings is 2. The quantitative estimate of drug-likeness (QED) is 0.518. The first-order valence-electron chi connectivity index (χ1n) is 9.41. The zero-order valence-corrected chi connectivity index (χ0v) is 18.7. The Labute approximate surface area is 184 Å². The van der Waals surface area contributed by atoms with E-state index in [4.69, 9.17) is 4.74 Å². The number of nitrogens with zero attached hydrogens (tertiary/aromatic N) is 2. The molecule has 0 saturated carbocycles. The lowest BCUT2D eigenvalue weighted by molar-refractivity contribution is -0.116. The van der Waals surface area contributed by atoms with Crippen LogP contribution in [0.3, 0.4) is 0 Å². The van der Waals surface area contributed by atoms with E-state index in [0.717, 1.165) is 33.4 Å². The minimum atomic E-state index is -3.73. The van der Waals surface area contributed by atoms with Crippen molar-refractivity contribution in [2.24, 2.45) is 0 Å². The molecule has 0 aliphatic rings. The Morgan fingerprint density at radius 2 is 1.84 bits per heavy atom. The first-order valence-corrected chi connectivity index (χ1v) is 11.7. The smallest absolute Gasteiger partial charge is 0.242 e. The molecule has 2 aromatic carbocycles. The monoisotopic (exact) mass is 463 g/mol. The predicted octanol–water partition coefficient (Wildman–Crippen LogP) is 4.00. The van der Waals surface area contributed by atoms with Gasteiger partial charge in [0.25, 0.3) is 0 Å². The second-order valence-corrected chi connectivity index (χ2v) is 9.60. The van der Waals surface area contributed by atoms with Gasteiger partial charge in [0, 0.05) is 31.0 Å². The normalized spacial score (nSPS) is 11.5.